The Morgan fingerprint density at radius 3 is 2.17 bits per heavy atom. The zero-order valence-corrected chi connectivity index (χ0v) is 26.5. The van der Waals surface area contributed by atoms with Crippen molar-refractivity contribution in [3.05, 3.63) is 92.9 Å². The first-order valence-electron chi connectivity index (χ1n) is 13.2. The molecule has 7 nitrogen and oxygen atoms in total. The molecule has 0 fully saturated rings. The van der Waals surface area contributed by atoms with Crippen molar-refractivity contribution >= 4 is 62.3 Å². The van der Waals surface area contributed by atoms with Gasteiger partial charge in [0, 0.05) is 18.1 Å². The van der Waals surface area contributed by atoms with E-state index >= 15 is 0 Å². The number of carbonyl (C=O) groups is 2. The molecule has 0 heterocycles. The molecule has 3 aromatic rings. The lowest BCUT2D eigenvalue weighted by atomic mass is 10.1. The van der Waals surface area contributed by atoms with Crippen molar-refractivity contribution in [1.82, 2.24) is 10.2 Å². The summed E-state index contributed by atoms with van der Waals surface area (Å²) in [5.74, 6) is -0.669. The van der Waals surface area contributed by atoms with Gasteiger partial charge in [-0.2, -0.15) is 0 Å². The summed E-state index contributed by atoms with van der Waals surface area (Å²) in [6, 6.07) is 16.8. The summed E-state index contributed by atoms with van der Waals surface area (Å²) in [6.45, 7) is 7.44. The van der Waals surface area contributed by atoms with Crippen molar-refractivity contribution < 1.29 is 18.0 Å². The molecule has 3 aromatic carbocycles. The number of halogens is 3. The monoisotopic (exact) mass is 637 g/mol. The van der Waals surface area contributed by atoms with Crippen molar-refractivity contribution in [3.8, 4) is 0 Å². The van der Waals surface area contributed by atoms with Crippen LogP contribution in [0.2, 0.25) is 15.1 Å². The summed E-state index contributed by atoms with van der Waals surface area (Å²) < 4.78 is 29.0. The van der Waals surface area contributed by atoms with Crippen LogP contribution in [-0.2, 0) is 26.2 Å². The second kappa shape index (κ2) is 14.4. The maximum atomic E-state index is 14.1. The van der Waals surface area contributed by atoms with Crippen LogP contribution >= 0.6 is 34.8 Å². The molecular weight excluding hydrogens is 605 g/mol. The molecule has 0 aliphatic heterocycles. The average Bonchev–Trinajstić information content (AvgIpc) is 2.93. The Balaban J connectivity index is 2.07. The van der Waals surface area contributed by atoms with Crippen molar-refractivity contribution in [2.24, 2.45) is 5.92 Å². The Hall–Kier alpha value is -2.78. The molecule has 41 heavy (non-hydrogen) atoms. The zero-order valence-electron chi connectivity index (χ0n) is 23.4. The van der Waals surface area contributed by atoms with Crippen LogP contribution in [-0.4, -0.2) is 44.3 Å². The number of amides is 2. The lowest BCUT2D eigenvalue weighted by molar-refractivity contribution is -0.140. The van der Waals surface area contributed by atoms with Gasteiger partial charge in [-0.3, -0.25) is 13.9 Å². The number of hydrogen-bond acceptors (Lipinski definition) is 4. The Morgan fingerprint density at radius 1 is 0.927 bits per heavy atom. The van der Waals surface area contributed by atoms with Crippen LogP contribution in [0.4, 0.5) is 5.69 Å². The molecule has 11 heteroatoms. The number of benzene rings is 3. The first kappa shape index (κ1) is 32.7. The number of rotatable bonds is 12. The quantitative estimate of drug-likeness (QED) is 0.238. The highest BCUT2D eigenvalue weighted by Gasteiger charge is 2.34. The van der Waals surface area contributed by atoms with E-state index in [-0.39, 0.29) is 23.3 Å². The summed E-state index contributed by atoms with van der Waals surface area (Å²) in [5, 5.41) is 3.95. The maximum absolute atomic E-state index is 14.1. The summed E-state index contributed by atoms with van der Waals surface area (Å²) in [6.07, 6.45) is 0.311. The van der Waals surface area contributed by atoms with Gasteiger partial charge < -0.3 is 10.2 Å². The Bertz CT molecular complexity index is 1480. The average molecular weight is 639 g/mol. The molecule has 1 N–H and O–H groups in total. The van der Waals surface area contributed by atoms with Gasteiger partial charge in [-0.25, -0.2) is 8.42 Å². The molecule has 1 atom stereocenters. The minimum absolute atomic E-state index is 0.0179. The standard InChI is InChI=1S/C30H34Cl3N3O4S/c1-5-27(30(38)34-17-20(2)3)35(18-22-10-15-25(32)26(33)16-22)29(37)19-36(28-9-7-6-8-21(28)4)41(39,40)24-13-11-23(31)12-14-24/h6-16,20,27H,5,17-19H2,1-4H3,(H,34,38)/t27-/m0/s1. The van der Waals surface area contributed by atoms with Gasteiger partial charge in [-0.1, -0.05) is 79.8 Å². The number of aryl methyl sites for hydroxylation is 1. The van der Waals surface area contributed by atoms with Crippen LogP contribution in [0.5, 0.6) is 0 Å². The van der Waals surface area contributed by atoms with E-state index in [1.807, 2.05) is 13.8 Å². The third-order valence-electron chi connectivity index (χ3n) is 6.47. The van der Waals surface area contributed by atoms with E-state index < -0.39 is 28.5 Å². The summed E-state index contributed by atoms with van der Waals surface area (Å²) in [7, 11) is -4.19. The highest BCUT2D eigenvalue weighted by Crippen LogP contribution is 2.29. The first-order chi connectivity index (χ1) is 19.3. The van der Waals surface area contributed by atoms with Crippen LogP contribution in [0.15, 0.2) is 71.6 Å². The molecule has 0 aromatic heterocycles. The number of nitrogens with zero attached hydrogens (tertiary/aromatic N) is 2. The van der Waals surface area contributed by atoms with E-state index in [1.165, 1.54) is 29.2 Å². The number of sulfonamides is 1. The van der Waals surface area contributed by atoms with Crippen molar-refractivity contribution in [2.75, 3.05) is 17.4 Å². The van der Waals surface area contributed by atoms with E-state index in [9.17, 15) is 18.0 Å². The Kier molecular flexibility index (Phi) is 11.5. The highest BCUT2D eigenvalue weighted by atomic mass is 35.5. The summed E-state index contributed by atoms with van der Waals surface area (Å²) in [4.78, 5) is 28.8. The Labute approximate surface area is 257 Å². The molecule has 220 valence electrons. The minimum Gasteiger partial charge on any atom is -0.354 e. The number of nitrogens with one attached hydrogen (secondary N) is 1. The normalized spacial score (nSPS) is 12.2. The first-order valence-corrected chi connectivity index (χ1v) is 15.8. The molecule has 0 unspecified atom stereocenters. The lowest BCUT2D eigenvalue weighted by Crippen LogP contribution is -2.52. The molecule has 0 saturated carbocycles. The van der Waals surface area contributed by atoms with E-state index in [2.05, 4.69) is 5.32 Å². The SMILES string of the molecule is CC[C@@H](C(=O)NCC(C)C)N(Cc1ccc(Cl)c(Cl)c1)C(=O)CN(c1ccccc1C)S(=O)(=O)c1ccc(Cl)cc1. The third kappa shape index (κ3) is 8.38. The van der Waals surface area contributed by atoms with Gasteiger partial charge in [0.25, 0.3) is 10.0 Å². The van der Waals surface area contributed by atoms with E-state index in [0.717, 1.165) is 4.31 Å². The molecule has 0 bridgehead atoms. The molecule has 0 radical (unpaired) electrons. The fourth-order valence-corrected chi connectivity index (χ4v) is 6.19. The highest BCUT2D eigenvalue weighted by molar-refractivity contribution is 7.92. The smallest absolute Gasteiger partial charge is 0.264 e. The van der Waals surface area contributed by atoms with Gasteiger partial charge in [0.2, 0.25) is 11.8 Å². The fourth-order valence-electron chi connectivity index (χ4n) is 4.27. The predicted molar refractivity (Wildman–Crippen MR) is 166 cm³/mol. The second-order valence-electron chi connectivity index (χ2n) is 10.1. The second-order valence-corrected chi connectivity index (χ2v) is 13.2. The van der Waals surface area contributed by atoms with Gasteiger partial charge in [-0.15, -0.1) is 0 Å². The van der Waals surface area contributed by atoms with Crippen molar-refractivity contribution in [3.63, 3.8) is 0 Å². The molecule has 2 amide bonds. The largest absolute Gasteiger partial charge is 0.354 e. The minimum atomic E-state index is -4.19. The number of anilines is 1. The molecule has 0 aliphatic rings. The molecule has 0 aliphatic carbocycles. The summed E-state index contributed by atoms with van der Waals surface area (Å²) in [5.41, 5.74) is 1.66. The van der Waals surface area contributed by atoms with Gasteiger partial charge in [0.05, 0.1) is 20.6 Å². The van der Waals surface area contributed by atoms with Gasteiger partial charge in [0.1, 0.15) is 12.6 Å². The number of hydrogen-bond donors (Lipinski definition) is 1. The van der Waals surface area contributed by atoms with Crippen LogP contribution in [0.1, 0.15) is 38.3 Å². The predicted octanol–water partition coefficient (Wildman–Crippen LogP) is 6.73. The van der Waals surface area contributed by atoms with Crippen LogP contribution in [0, 0.1) is 12.8 Å². The van der Waals surface area contributed by atoms with Crippen molar-refractivity contribution in [1.29, 1.82) is 0 Å². The molecule has 0 spiro atoms. The van der Waals surface area contributed by atoms with E-state index in [1.54, 1.807) is 56.3 Å². The zero-order chi connectivity index (χ0) is 30.3. The van der Waals surface area contributed by atoms with Gasteiger partial charge in [0.15, 0.2) is 0 Å². The van der Waals surface area contributed by atoms with Crippen LogP contribution < -0.4 is 9.62 Å². The van der Waals surface area contributed by atoms with E-state index in [0.29, 0.717) is 44.8 Å². The maximum Gasteiger partial charge on any atom is 0.264 e. The Morgan fingerprint density at radius 2 is 1.59 bits per heavy atom. The third-order valence-corrected chi connectivity index (χ3v) is 9.24. The van der Waals surface area contributed by atoms with Gasteiger partial charge in [-0.05, 0) is 72.9 Å². The van der Waals surface area contributed by atoms with E-state index in [4.69, 9.17) is 34.8 Å². The molecule has 0 saturated heterocycles. The summed E-state index contributed by atoms with van der Waals surface area (Å²) >= 11 is 18.4. The topological polar surface area (TPSA) is 86.8 Å². The molecule has 3 rings (SSSR count). The van der Waals surface area contributed by atoms with Crippen molar-refractivity contribution in [2.45, 2.75) is 51.6 Å². The van der Waals surface area contributed by atoms with Gasteiger partial charge >= 0.3 is 0 Å². The lowest BCUT2D eigenvalue weighted by Gasteiger charge is -2.33. The van der Waals surface area contributed by atoms with Crippen LogP contribution in [0.25, 0.3) is 0 Å². The van der Waals surface area contributed by atoms with Crippen LogP contribution in [0.3, 0.4) is 0 Å². The molecular formula is C30H34Cl3N3O4S. The number of para-hydroxylation sites is 1. The number of carbonyl (C=O) groups excluding carboxylic acids is 2. The fraction of sp³-hybridized carbons (Fsp3) is 0.333.